The van der Waals surface area contributed by atoms with Crippen molar-refractivity contribution in [1.29, 1.82) is 0 Å². The number of thiocarbonyl (C=S) groups is 1. The van der Waals surface area contributed by atoms with Gasteiger partial charge in [-0.2, -0.15) is 0 Å². The number of carbonyl (C=O) groups is 2. The number of thioether (sulfide) groups is 1. The normalized spacial score (nSPS) is 20.0. The lowest BCUT2D eigenvalue weighted by Gasteiger charge is -2.12. The van der Waals surface area contributed by atoms with Crippen molar-refractivity contribution in [2.75, 3.05) is 11.9 Å². The second kappa shape index (κ2) is 6.12. The van der Waals surface area contributed by atoms with E-state index in [1.807, 2.05) is 18.2 Å². The average molecular weight is 435 g/mol. The van der Waals surface area contributed by atoms with E-state index in [-0.39, 0.29) is 18.4 Å². The first-order chi connectivity index (χ1) is 12.0. The van der Waals surface area contributed by atoms with Crippen molar-refractivity contribution >= 4 is 67.3 Å². The highest BCUT2D eigenvalue weighted by Crippen LogP contribution is 2.45. The van der Waals surface area contributed by atoms with Crippen molar-refractivity contribution < 1.29 is 14.0 Å². The van der Waals surface area contributed by atoms with Crippen molar-refractivity contribution in [3.63, 3.8) is 0 Å². The molecule has 126 valence electrons. The van der Waals surface area contributed by atoms with Gasteiger partial charge in [0.05, 0.1) is 29.0 Å². The molecule has 1 aromatic heterocycles. The molecule has 2 aliphatic heterocycles. The second-order valence-corrected chi connectivity index (χ2v) is 8.13. The molecule has 4 rings (SSSR count). The average Bonchev–Trinajstić information content (AvgIpc) is 3.24. The minimum atomic E-state index is -0.268. The summed E-state index contributed by atoms with van der Waals surface area (Å²) in [6.45, 7) is 0.254. The highest BCUT2D eigenvalue weighted by Gasteiger charge is 2.41. The Morgan fingerprint density at radius 3 is 2.76 bits per heavy atom. The molecule has 2 aliphatic rings. The summed E-state index contributed by atoms with van der Waals surface area (Å²) >= 11 is 9.94. The molecular weight excluding hydrogens is 424 g/mol. The fraction of sp³-hybridized carbons (Fsp3) is 0.118. The first-order valence-corrected chi connectivity index (χ1v) is 9.37. The maximum absolute atomic E-state index is 12.9. The standard InChI is InChI=1S/C17H11BrN2O3S2/c1-19-12-5-4-9(18)7-11(12)13(15(19)21)14-16(22)20(17(24)25-14)8-10-3-2-6-23-10/h2-7H,8H2,1H3/b14-13-. The van der Waals surface area contributed by atoms with E-state index in [0.29, 0.717) is 20.6 Å². The number of fused-ring (bicyclic) bond motifs is 1. The number of benzene rings is 1. The summed E-state index contributed by atoms with van der Waals surface area (Å²) in [4.78, 5) is 29.0. The lowest BCUT2D eigenvalue weighted by atomic mass is 10.1. The van der Waals surface area contributed by atoms with Crippen LogP contribution in [0.2, 0.25) is 0 Å². The van der Waals surface area contributed by atoms with Gasteiger partial charge in [0, 0.05) is 17.1 Å². The van der Waals surface area contributed by atoms with Crippen LogP contribution in [0.15, 0.2) is 50.4 Å². The Labute approximate surface area is 161 Å². The van der Waals surface area contributed by atoms with E-state index in [2.05, 4.69) is 15.9 Å². The van der Waals surface area contributed by atoms with Crippen molar-refractivity contribution in [2.24, 2.45) is 0 Å². The van der Waals surface area contributed by atoms with Crippen LogP contribution in [0.4, 0.5) is 5.69 Å². The summed E-state index contributed by atoms with van der Waals surface area (Å²) in [5.74, 6) is 0.170. The van der Waals surface area contributed by atoms with E-state index in [9.17, 15) is 9.59 Å². The SMILES string of the molecule is CN1C(=O)/C(=C2\SC(=S)N(Cc3ccco3)C2=O)c2cc(Br)ccc21. The van der Waals surface area contributed by atoms with Crippen LogP contribution in [0.25, 0.3) is 5.57 Å². The Morgan fingerprint density at radius 2 is 2.04 bits per heavy atom. The van der Waals surface area contributed by atoms with Crippen LogP contribution in [0.5, 0.6) is 0 Å². The smallest absolute Gasteiger partial charge is 0.267 e. The van der Waals surface area contributed by atoms with Gasteiger partial charge in [-0.15, -0.1) is 0 Å². The topological polar surface area (TPSA) is 53.8 Å². The quantitative estimate of drug-likeness (QED) is 0.531. The van der Waals surface area contributed by atoms with Crippen LogP contribution in [0.1, 0.15) is 11.3 Å². The number of hydrogen-bond acceptors (Lipinski definition) is 5. The zero-order valence-electron chi connectivity index (χ0n) is 13.0. The molecule has 1 aromatic carbocycles. The van der Waals surface area contributed by atoms with Gasteiger partial charge in [-0.3, -0.25) is 14.5 Å². The number of likely N-dealkylation sites (N-methyl/N-ethyl adjacent to an activating group) is 1. The molecule has 0 atom stereocenters. The lowest BCUT2D eigenvalue weighted by molar-refractivity contribution is -0.123. The number of hydrogen-bond donors (Lipinski definition) is 0. The summed E-state index contributed by atoms with van der Waals surface area (Å²) in [5, 5.41) is 0. The lowest BCUT2D eigenvalue weighted by Crippen LogP contribution is -2.28. The van der Waals surface area contributed by atoms with Gasteiger partial charge in [-0.1, -0.05) is 39.9 Å². The van der Waals surface area contributed by atoms with Gasteiger partial charge in [-0.25, -0.2) is 0 Å². The van der Waals surface area contributed by atoms with Gasteiger partial charge in [-0.05, 0) is 30.3 Å². The molecule has 2 aromatic rings. The van der Waals surface area contributed by atoms with E-state index >= 15 is 0 Å². The molecule has 1 saturated heterocycles. The van der Waals surface area contributed by atoms with Crippen molar-refractivity contribution in [3.05, 3.63) is 57.3 Å². The fourth-order valence-electron chi connectivity index (χ4n) is 2.86. The zero-order valence-corrected chi connectivity index (χ0v) is 16.2. The van der Waals surface area contributed by atoms with E-state index in [0.717, 1.165) is 27.5 Å². The van der Waals surface area contributed by atoms with Crippen LogP contribution in [0.3, 0.4) is 0 Å². The summed E-state index contributed by atoms with van der Waals surface area (Å²) in [5.41, 5.74) is 1.91. The van der Waals surface area contributed by atoms with Crippen LogP contribution in [-0.2, 0) is 16.1 Å². The van der Waals surface area contributed by atoms with Crippen LogP contribution in [0, 0.1) is 0 Å². The number of furan rings is 1. The predicted octanol–water partition coefficient (Wildman–Crippen LogP) is 3.79. The third kappa shape index (κ3) is 2.65. The van der Waals surface area contributed by atoms with Crippen molar-refractivity contribution in [3.8, 4) is 0 Å². The first kappa shape index (κ1) is 16.6. The molecule has 0 spiro atoms. The van der Waals surface area contributed by atoms with Crippen molar-refractivity contribution in [1.82, 2.24) is 4.90 Å². The van der Waals surface area contributed by atoms with Gasteiger partial charge in [0.25, 0.3) is 11.8 Å². The third-order valence-electron chi connectivity index (χ3n) is 4.08. The third-order valence-corrected chi connectivity index (χ3v) is 6.02. The predicted molar refractivity (Wildman–Crippen MR) is 104 cm³/mol. The molecule has 8 heteroatoms. The summed E-state index contributed by atoms with van der Waals surface area (Å²) in [7, 11) is 1.70. The summed E-state index contributed by atoms with van der Waals surface area (Å²) in [6.07, 6.45) is 1.55. The molecule has 25 heavy (non-hydrogen) atoms. The van der Waals surface area contributed by atoms with E-state index in [1.165, 1.54) is 4.90 Å². The maximum Gasteiger partial charge on any atom is 0.267 e. The molecule has 1 fully saturated rings. The first-order valence-electron chi connectivity index (χ1n) is 7.35. The van der Waals surface area contributed by atoms with Crippen LogP contribution in [-0.4, -0.2) is 28.1 Å². The van der Waals surface area contributed by atoms with Crippen LogP contribution >= 0.6 is 39.9 Å². The van der Waals surface area contributed by atoms with Gasteiger partial charge >= 0.3 is 0 Å². The Morgan fingerprint density at radius 1 is 1.24 bits per heavy atom. The highest BCUT2D eigenvalue weighted by atomic mass is 79.9. The maximum atomic E-state index is 12.9. The molecule has 3 heterocycles. The van der Waals surface area contributed by atoms with Crippen molar-refractivity contribution in [2.45, 2.75) is 6.54 Å². The van der Waals surface area contributed by atoms with E-state index in [4.69, 9.17) is 16.6 Å². The molecule has 0 unspecified atom stereocenters. The summed E-state index contributed by atoms with van der Waals surface area (Å²) < 4.78 is 6.57. The van der Waals surface area contributed by atoms with Crippen LogP contribution < -0.4 is 4.90 Å². The Bertz CT molecular complexity index is 953. The number of nitrogens with zero attached hydrogens (tertiary/aromatic N) is 2. The zero-order chi connectivity index (χ0) is 17.7. The molecule has 0 saturated carbocycles. The number of rotatable bonds is 2. The highest BCUT2D eigenvalue weighted by molar-refractivity contribution is 9.10. The molecule has 0 radical (unpaired) electrons. The largest absolute Gasteiger partial charge is 0.467 e. The van der Waals surface area contributed by atoms with Gasteiger partial charge < -0.3 is 9.32 Å². The minimum absolute atomic E-state index is 0.202. The fourth-order valence-corrected chi connectivity index (χ4v) is 4.54. The van der Waals surface area contributed by atoms with E-state index < -0.39 is 0 Å². The molecule has 5 nitrogen and oxygen atoms in total. The minimum Gasteiger partial charge on any atom is -0.467 e. The Kier molecular flexibility index (Phi) is 4.05. The molecule has 0 aliphatic carbocycles. The van der Waals surface area contributed by atoms with Gasteiger partial charge in [0.1, 0.15) is 10.1 Å². The summed E-state index contributed by atoms with van der Waals surface area (Å²) in [6, 6.07) is 9.12. The van der Waals surface area contributed by atoms with Gasteiger partial charge in [0.2, 0.25) is 0 Å². The second-order valence-electron chi connectivity index (χ2n) is 5.57. The number of halogens is 1. The number of carbonyl (C=O) groups excluding carboxylic acids is 2. The molecular formula is C17H11BrN2O3S2. The van der Waals surface area contributed by atoms with Gasteiger partial charge in [0.15, 0.2) is 0 Å². The number of anilines is 1. The molecule has 0 N–H and O–H groups in total. The van der Waals surface area contributed by atoms with E-state index in [1.54, 1.807) is 30.3 Å². The Hall–Kier alpha value is -1.90. The molecule has 0 bridgehead atoms. The Balaban J connectivity index is 1.79. The number of amides is 2. The monoisotopic (exact) mass is 434 g/mol. The molecule has 2 amide bonds.